The van der Waals surface area contributed by atoms with Crippen molar-refractivity contribution in [2.45, 2.75) is 25.4 Å². The number of carbonyl (C=O) groups is 1. The molecule has 2 aliphatic heterocycles. The molecule has 206 valence electrons. The van der Waals surface area contributed by atoms with Crippen LogP contribution in [-0.2, 0) is 26.6 Å². The van der Waals surface area contributed by atoms with E-state index < -0.39 is 5.79 Å². The van der Waals surface area contributed by atoms with Crippen molar-refractivity contribution in [3.8, 4) is 5.75 Å². The van der Waals surface area contributed by atoms with Crippen molar-refractivity contribution in [2.75, 3.05) is 44.3 Å². The molecule has 5 rings (SSSR count). The summed E-state index contributed by atoms with van der Waals surface area (Å²) in [5.74, 6) is -0.201. The minimum absolute atomic E-state index is 0. The molecular weight excluding hydrogens is 574 g/mol. The van der Waals surface area contributed by atoms with E-state index in [2.05, 4.69) is 9.88 Å². The molecule has 0 bridgehead atoms. The number of piperazine rings is 1. The van der Waals surface area contributed by atoms with E-state index in [0.717, 1.165) is 37.6 Å². The zero-order chi connectivity index (χ0) is 25.1. The summed E-state index contributed by atoms with van der Waals surface area (Å²) in [5, 5.41) is 1.02. The van der Waals surface area contributed by atoms with Gasteiger partial charge in [0.1, 0.15) is 18.5 Å². The van der Waals surface area contributed by atoms with Crippen LogP contribution in [0.1, 0.15) is 12.5 Å². The molecular formula is C26H30Cl4N4O4. The average molecular weight is 604 g/mol. The van der Waals surface area contributed by atoms with Gasteiger partial charge in [-0.1, -0.05) is 29.3 Å². The van der Waals surface area contributed by atoms with E-state index in [0.29, 0.717) is 35.4 Å². The summed E-state index contributed by atoms with van der Waals surface area (Å²) in [7, 11) is 0. The van der Waals surface area contributed by atoms with Crippen LogP contribution < -0.4 is 9.64 Å². The van der Waals surface area contributed by atoms with Gasteiger partial charge in [0, 0.05) is 61.8 Å². The predicted octanol–water partition coefficient (Wildman–Crippen LogP) is 5.05. The second-order valence-electron chi connectivity index (χ2n) is 8.96. The lowest BCUT2D eigenvalue weighted by Gasteiger charge is -2.35. The summed E-state index contributed by atoms with van der Waals surface area (Å²) in [5.41, 5.74) is 1.82. The molecule has 2 aromatic carbocycles. The van der Waals surface area contributed by atoms with Crippen LogP contribution in [0.5, 0.6) is 5.75 Å². The van der Waals surface area contributed by atoms with Gasteiger partial charge in [-0.25, -0.2) is 4.98 Å². The van der Waals surface area contributed by atoms with Crippen molar-refractivity contribution in [1.82, 2.24) is 14.5 Å². The Kier molecular flexibility index (Phi) is 10.6. The topological polar surface area (TPSA) is 69.1 Å². The standard InChI is InChI=1S/C26H28Cl2N4O4.2ClH/c1-19(33)31-10-12-32(13-11-31)21-3-5-22(6-4-21)34-15-23-16-35-26(36-23,17-30-9-8-29-18-30)24-7-2-20(27)14-25(24)28;;/h2-9,14,18,23H,10-13,15-17H2,1H3;2*1H/t23-,26-;;/m1../s1. The third-order valence-corrected chi connectivity index (χ3v) is 7.06. The van der Waals surface area contributed by atoms with Crippen LogP contribution in [0.15, 0.2) is 61.2 Å². The minimum atomic E-state index is -1.08. The van der Waals surface area contributed by atoms with Gasteiger partial charge >= 0.3 is 0 Å². The highest BCUT2D eigenvalue weighted by Crippen LogP contribution is 2.40. The van der Waals surface area contributed by atoms with Crippen LogP contribution in [-0.4, -0.2) is 65.9 Å². The molecule has 12 heteroatoms. The van der Waals surface area contributed by atoms with Crippen molar-refractivity contribution in [1.29, 1.82) is 0 Å². The minimum Gasteiger partial charge on any atom is -0.491 e. The summed E-state index contributed by atoms with van der Waals surface area (Å²) in [4.78, 5) is 19.8. The summed E-state index contributed by atoms with van der Waals surface area (Å²) in [6.07, 6.45) is 4.98. The molecule has 2 fully saturated rings. The van der Waals surface area contributed by atoms with E-state index in [1.54, 1.807) is 31.6 Å². The molecule has 3 heterocycles. The SMILES string of the molecule is CC(=O)N1CCN(c2ccc(OC[C@@H]3CO[C@@](Cn4ccnc4)(c4ccc(Cl)cc4Cl)O3)cc2)CC1.Cl.Cl. The molecule has 3 aromatic rings. The molecule has 2 saturated heterocycles. The number of carbonyl (C=O) groups excluding carboxylic acids is 1. The lowest BCUT2D eigenvalue weighted by molar-refractivity contribution is -0.189. The Labute approximate surface area is 244 Å². The van der Waals surface area contributed by atoms with Gasteiger partial charge in [-0.15, -0.1) is 24.8 Å². The Balaban J connectivity index is 0.00000200. The van der Waals surface area contributed by atoms with Gasteiger partial charge < -0.3 is 28.6 Å². The molecule has 0 saturated carbocycles. The molecule has 0 spiro atoms. The molecule has 2 aliphatic rings. The van der Waals surface area contributed by atoms with Crippen molar-refractivity contribution in [2.24, 2.45) is 0 Å². The van der Waals surface area contributed by atoms with Gasteiger partial charge in [0.15, 0.2) is 0 Å². The van der Waals surface area contributed by atoms with E-state index in [9.17, 15) is 4.79 Å². The van der Waals surface area contributed by atoms with Crippen molar-refractivity contribution < 1.29 is 19.0 Å². The van der Waals surface area contributed by atoms with E-state index in [4.69, 9.17) is 37.4 Å². The molecule has 0 unspecified atom stereocenters. The summed E-state index contributed by atoms with van der Waals surface area (Å²) in [6, 6.07) is 13.3. The number of rotatable bonds is 7. The van der Waals surface area contributed by atoms with Gasteiger partial charge in [-0.05, 0) is 36.4 Å². The number of ether oxygens (including phenoxy) is 3. The molecule has 2 atom stereocenters. The first-order chi connectivity index (χ1) is 17.4. The van der Waals surface area contributed by atoms with Gasteiger partial charge in [0.25, 0.3) is 0 Å². The highest BCUT2D eigenvalue weighted by atomic mass is 35.5. The predicted molar refractivity (Wildman–Crippen MR) is 152 cm³/mol. The number of imidazole rings is 1. The van der Waals surface area contributed by atoms with Gasteiger partial charge in [-0.2, -0.15) is 0 Å². The Morgan fingerprint density at radius 2 is 1.84 bits per heavy atom. The zero-order valence-corrected chi connectivity index (χ0v) is 23.9. The summed E-state index contributed by atoms with van der Waals surface area (Å²) >= 11 is 12.7. The Morgan fingerprint density at radius 3 is 2.47 bits per heavy atom. The summed E-state index contributed by atoms with van der Waals surface area (Å²) in [6.45, 7) is 5.80. The van der Waals surface area contributed by atoms with Crippen LogP contribution in [0.4, 0.5) is 5.69 Å². The Hall–Kier alpha value is -2.20. The van der Waals surface area contributed by atoms with Crippen LogP contribution >= 0.6 is 48.0 Å². The highest BCUT2D eigenvalue weighted by molar-refractivity contribution is 6.35. The number of nitrogens with zero attached hydrogens (tertiary/aromatic N) is 4. The van der Waals surface area contributed by atoms with Crippen molar-refractivity contribution >= 4 is 59.6 Å². The van der Waals surface area contributed by atoms with Crippen molar-refractivity contribution in [3.63, 3.8) is 0 Å². The monoisotopic (exact) mass is 602 g/mol. The third kappa shape index (κ3) is 6.86. The fourth-order valence-corrected chi connectivity index (χ4v) is 5.15. The first-order valence-electron chi connectivity index (χ1n) is 11.9. The van der Waals surface area contributed by atoms with E-state index in [1.807, 2.05) is 46.0 Å². The molecule has 38 heavy (non-hydrogen) atoms. The number of hydrogen-bond donors (Lipinski definition) is 0. The Bertz CT molecular complexity index is 1190. The Morgan fingerprint density at radius 1 is 1.11 bits per heavy atom. The molecule has 0 radical (unpaired) electrons. The normalized spacial score (nSPS) is 21.0. The van der Waals surface area contributed by atoms with E-state index in [-0.39, 0.29) is 36.8 Å². The largest absolute Gasteiger partial charge is 0.491 e. The fraction of sp³-hybridized carbons (Fsp3) is 0.385. The highest BCUT2D eigenvalue weighted by Gasteiger charge is 2.45. The van der Waals surface area contributed by atoms with E-state index >= 15 is 0 Å². The first-order valence-corrected chi connectivity index (χ1v) is 12.6. The van der Waals surface area contributed by atoms with Crippen LogP contribution in [0.25, 0.3) is 0 Å². The first kappa shape index (κ1) is 30.3. The zero-order valence-electron chi connectivity index (χ0n) is 20.8. The van der Waals surface area contributed by atoms with Crippen LogP contribution in [0.2, 0.25) is 10.0 Å². The number of benzene rings is 2. The quantitative estimate of drug-likeness (QED) is 0.376. The number of aromatic nitrogens is 2. The third-order valence-electron chi connectivity index (χ3n) is 6.51. The molecule has 1 aromatic heterocycles. The number of hydrogen-bond acceptors (Lipinski definition) is 6. The number of amides is 1. The van der Waals surface area contributed by atoms with Crippen molar-refractivity contribution in [3.05, 3.63) is 76.8 Å². The second kappa shape index (κ2) is 13.2. The lowest BCUT2D eigenvalue weighted by atomic mass is 10.1. The van der Waals surface area contributed by atoms with Gasteiger partial charge in [0.05, 0.1) is 24.5 Å². The maximum Gasteiger partial charge on any atom is 0.219 e. The van der Waals surface area contributed by atoms with Crippen LogP contribution in [0.3, 0.4) is 0 Å². The second-order valence-corrected chi connectivity index (χ2v) is 9.80. The summed E-state index contributed by atoms with van der Waals surface area (Å²) < 4.78 is 20.6. The molecule has 1 amide bonds. The maximum absolute atomic E-state index is 11.6. The fourth-order valence-electron chi connectivity index (χ4n) is 4.60. The molecule has 8 nitrogen and oxygen atoms in total. The molecule has 0 aliphatic carbocycles. The van der Waals surface area contributed by atoms with Gasteiger partial charge in [0.2, 0.25) is 11.7 Å². The van der Waals surface area contributed by atoms with E-state index in [1.165, 1.54) is 0 Å². The number of anilines is 1. The lowest BCUT2D eigenvalue weighted by Crippen LogP contribution is -2.48. The smallest absolute Gasteiger partial charge is 0.219 e. The van der Waals surface area contributed by atoms with Gasteiger partial charge in [-0.3, -0.25) is 4.79 Å². The van der Waals surface area contributed by atoms with Crippen LogP contribution in [0, 0.1) is 0 Å². The number of halogens is 4. The maximum atomic E-state index is 11.6. The average Bonchev–Trinajstić information content (AvgIpc) is 3.54. The molecule has 0 N–H and O–H groups in total.